The highest BCUT2D eigenvalue weighted by molar-refractivity contribution is 5.92. The number of aryl methyl sites for hydroxylation is 1. The third-order valence-electron chi connectivity index (χ3n) is 3.88. The highest BCUT2D eigenvalue weighted by Crippen LogP contribution is 2.28. The molecule has 0 aliphatic carbocycles. The summed E-state index contributed by atoms with van der Waals surface area (Å²) in [5.41, 5.74) is 0.683. The number of aromatic nitrogens is 1. The van der Waals surface area contributed by atoms with Gasteiger partial charge in [-0.25, -0.2) is 4.98 Å². The number of hydrogen-bond acceptors (Lipinski definition) is 4. The van der Waals surface area contributed by atoms with Crippen molar-refractivity contribution in [3.05, 3.63) is 17.8 Å². The molecule has 2 atom stereocenters. The maximum atomic E-state index is 12.4. The SMILES string of the molecule is Cc1ncoc1C(=O)N1CCCC2CNCC21. The van der Waals surface area contributed by atoms with Crippen LogP contribution in [0.3, 0.4) is 0 Å². The predicted octanol–water partition coefficient (Wildman–Crippen LogP) is 0.807. The van der Waals surface area contributed by atoms with Crippen LogP contribution in [0.25, 0.3) is 0 Å². The molecule has 2 fully saturated rings. The summed E-state index contributed by atoms with van der Waals surface area (Å²) in [7, 11) is 0. The van der Waals surface area contributed by atoms with E-state index in [4.69, 9.17) is 4.42 Å². The minimum atomic E-state index is -0.00148. The van der Waals surface area contributed by atoms with Crippen LogP contribution >= 0.6 is 0 Å². The van der Waals surface area contributed by atoms with Gasteiger partial charge in [-0.2, -0.15) is 0 Å². The quantitative estimate of drug-likeness (QED) is 0.782. The first-order chi connectivity index (χ1) is 8.27. The molecule has 5 heteroatoms. The summed E-state index contributed by atoms with van der Waals surface area (Å²) in [4.78, 5) is 18.3. The number of carbonyl (C=O) groups is 1. The molecule has 92 valence electrons. The molecule has 2 aliphatic heterocycles. The van der Waals surface area contributed by atoms with Gasteiger partial charge in [0.15, 0.2) is 6.39 Å². The summed E-state index contributed by atoms with van der Waals surface area (Å²) < 4.78 is 5.21. The minimum absolute atomic E-state index is 0.00148. The van der Waals surface area contributed by atoms with Gasteiger partial charge in [0.05, 0.1) is 5.69 Å². The maximum absolute atomic E-state index is 12.4. The van der Waals surface area contributed by atoms with Crippen LogP contribution in [0.2, 0.25) is 0 Å². The van der Waals surface area contributed by atoms with E-state index >= 15 is 0 Å². The maximum Gasteiger partial charge on any atom is 0.291 e. The summed E-state index contributed by atoms with van der Waals surface area (Å²) in [6.45, 7) is 4.58. The molecule has 1 aromatic heterocycles. The monoisotopic (exact) mass is 235 g/mol. The minimum Gasteiger partial charge on any atom is -0.438 e. The van der Waals surface area contributed by atoms with Crippen LogP contribution in [0.5, 0.6) is 0 Å². The Hall–Kier alpha value is -1.36. The number of rotatable bonds is 1. The van der Waals surface area contributed by atoms with Crippen molar-refractivity contribution in [2.24, 2.45) is 5.92 Å². The van der Waals surface area contributed by atoms with E-state index in [0.29, 0.717) is 23.4 Å². The van der Waals surface area contributed by atoms with Crippen molar-refractivity contribution in [3.8, 4) is 0 Å². The van der Waals surface area contributed by atoms with Gasteiger partial charge in [-0.05, 0) is 25.7 Å². The second-order valence-electron chi connectivity index (χ2n) is 4.89. The number of oxazole rings is 1. The fourth-order valence-electron chi connectivity index (χ4n) is 2.96. The molecule has 5 nitrogen and oxygen atoms in total. The number of fused-ring (bicyclic) bond motifs is 1. The van der Waals surface area contributed by atoms with E-state index < -0.39 is 0 Å². The molecule has 3 rings (SSSR count). The topological polar surface area (TPSA) is 58.4 Å². The lowest BCUT2D eigenvalue weighted by atomic mass is 9.92. The second-order valence-corrected chi connectivity index (χ2v) is 4.89. The molecule has 3 heterocycles. The smallest absolute Gasteiger partial charge is 0.291 e. The van der Waals surface area contributed by atoms with Gasteiger partial charge in [0.1, 0.15) is 0 Å². The highest BCUT2D eigenvalue weighted by atomic mass is 16.3. The zero-order chi connectivity index (χ0) is 11.8. The van der Waals surface area contributed by atoms with Gasteiger partial charge in [0.25, 0.3) is 5.91 Å². The van der Waals surface area contributed by atoms with Crippen molar-refractivity contribution in [3.63, 3.8) is 0 Å². The number of amides is 1. The summed E-state index contributed by atoms with van der Waals surface area (Å²) in [6.07, 6.45) is 3.65. The van der Waals surface area contributed by atoms with Crippen LogP contribution < -0.4 is 5.32 Å². The number of carbonyl (C=O) groups excluding carboxylic acids is 1. The molecule has 1 aromatic rings. The average Bonchev–Trinajstić information content (AvgIpc) is 2.95. The first kappa shape index (κ1) is 10.8. The molecule has 2 unspecified atom stereocenters. The highest BCUT2D eigenvalue weighted by Gasteiger charge is 2.38. The summed E-state index contributed by atoms with van der Waals surface area (Å²) in [5, 5.41) is 3.37. The van der Waals surface area contributed by atoms with E-state index in [1.54, 1.807) is 0 Å². The first-order valence-corrected chi connectivity index (χ1v) is 6.19. The number of piperidine rings is 1. The van der Waals surface area contributed by atoms with Crippen molar-refractivity contribution in [2.45, 2.75) is 25.8 Å². The number of nitrogens with one attached hydrogen (secondary N) is 1. The van der Waals surface area contributed by atoms with Gasteiger partial charge in [0, 0.05) is 25.7 Å². The zero-order valence-electron chi connectivity index (χ0n) is 9.98. The van der Waals surface area contributed by atoms with Crippen LogP contribution in [0.1, 0.15) is 29.1 Å². The predicted molar refractivity (Wildman–Crippen MR) is 61.7 cm³/mol. The third-order valence-corrected chi connectivity index (χ3v) is 3.88. The number of nitrogens with zero attached hydrogens (tertiary/aromatic N) is 2. The lowest BCUT2D eigenvalue weighted by molar-refractivity contribution is 0.0541. The van der Waals surface area contributed by atoms with E-state index in [2.05, 4.69) is 10.3 Å². The third kappa shape index (κ3) is 1.74. The van der Waals surface area contributed by atoms with Crippen molar-refractivity contribution in [1.29, 1.82) is 0 Å². The standard InChI is InChI=1S/C12H17N3O2/c1-8-11(17-7-14-8)12(16)15-4-2-3-9-5-13-6-10(9)15/h7,9-10,13H,2-6H2,1H3. The van der Waals surface area contributed by atoms with Crippen LogP contribution in [-0.4, -0.2) is 41.5 Å². The molecule has 1 N–H and O–H groups in total. The Labute approximate surface area is 100 Å². The molecule has 0 radical (unpaired) electrons. The summed E-state index contributed by atoms with van der Waals surface area (Å²) in [5.74, 6) is 1.01. The van der Waals surface area contributed by atoms with Gasteiger partial charge in [-0.3, -0.25) is 4.79 Å². The fraction of sp³-hybridized carbons (Fsp3) is 0.667. The lowest BCUT2D eigenvalue weighted by Gasteiger charge is -2.36. The molecular formula is C12H17N3O2. The Morgan fingerprint density at radius 3 is 3.24 bits per heavy atom. The zero-order valence-corrected chi connectivity index (χ0v) is 9.98. The first-order valence-electron chi connectivity index (χ1n) is 6.19. The Kier molecular flexibility index (Phi) is 2.63. The molecule has 17 heavy (non-hydrogen) atoms. The Morgan fingerprint density at radius 2 is 2.47 bits per heavy atom. The Balaban J connectivity index is 1.83. The van der Waals surface area contributed by atoms with Crippen LogP contribution in [0.15, 0.2) is 10.8 Å². The molecule has 0 aromatic carbocycles. The summed E-state index contributed by atoms with van der Waals surface area (Å²) >= 11 is 0. The second kappa shape index (κ2) is 4.14. The molecule has 2 aliphatic rings. The van der Waals surface area contributed by atoms with Gasteiger partial charge < -0.3 is 14.6 Å². The van der Waals surface area contributed by atoms with Gasteiger partial charge in [-0.1, -0.05) is 0 Å². The molecule has 0 spiro atoms. The van der Waals surface area contributed by atoms with Crippen molar-refractivity contribution < 1.29 is 9.21 Å². The van der Waals surface area contributed by atoms with Gasteiger partial charge in [0.2, 0.25) is 5.76 Å². The Morgan fingerprint density at radius 1 is 1.59 bits per heavy atom. The number of hydrogen-bond donors (Lipinski definition) is 1. The van der Waals surface area contributed by atoms with E-state index in [-0.39, 0.29) is 5.91 Å². The average molecular weight is 235 g/mol. The summed E-state index contributed by atoms with van der Waals surface area (Å²) in [6, 6.07) is 0.334. The lowest BCUT2D eigenvalue weighted by Crippen LogP contribution is -2.48. The van der Waals surface area contributed by atoms with E-state index in [0.717, 1.165) is 26.1 Å². The molecule has 0 bridgehead atoms. The molecule has 1 amide bonds. The van der Waals surface area contributed by atoms with Gasteiger partial charge >= 0.3 is 0 Å². The van der Waals surface area contributed by atoms with Gasteiger partial charge in [-0.15, -0.1) is 0 Å². The van der Waals surface area contributed by atoms with E-state index in [9.17, 15) is 4.79 Å². The number of likely N-dealkylation sites (tertiary alicyclic amines) is 1. The normalized spacial score (nSPS) is 28.2. The van der Waals surface area contributed by atoms with Crippen molar-refractivity contribution in [1.82, 2.24) is 15.2 Å². The Bertz CT molecular complexity index is 429. The fourth-order valence-corrected chi connectivity index (χ4v) is 2.96. The molecular weight excluding hydrogens is 218 g/mol. The largest absolute Gasteiger partial charge is 0.438 e. The van der Waals surface area contributed by atoms with Crippen LogP contribution in [0.4, 0.5) is 0 Å². The molecule has 0 saturated carbocycles. The van der Waals surface area contributed by atoms with E-state index in [1.165, 1.54) is 12.8 Å². The van der Waals surface area contributed by atoms with Crippen LogP contribution in [0, 0.1) is 12.8 Å². The van der Waals surface area contributed by atoms with Crippen molar-refractivity contribution >= 4 is 5.91 Å². The van der Waals surface area contributed by atoms with Crippen LogP contribution in [-0.2, 0) is 0 Å². The van der Waals surface area contributed by atoms with Crippen molar-refractivity contribution in [2.75, 3.05) is 19.6 Å². The molecule has 2 saturated heterocycles. The van der Waals surface area contributed by atoms with E-state index in [1.807, 2.05) is 11.8 Å².